The first-order valence-electron chi connectivity index (χ1n) is 15.8. The molecule has 0 aliphatic rings. The largest absolute Gasteiger partial charge is 0.244 e. The number of aromatic nitrogens is 2. The number of unbranched alkanes of at least 4 members (excludes halogenated alkanes) is 11. The van der Waals surface area contributed by atoms with Gasteiger partial charge in [-0.15, -0.1) is 0 Å². The molecule has 0 bridgehead atoms. The van der Waals surface area contributed by atoms with E-state index < -0.39 is 0 Å². The number of nitrogens with zero attached hydrogens (tertiary/aromatic N) is 2. The summed E-state index contributed by atoms with van der Waals surface area (Å²) in [6.45, 7) is 8.23. The number of imidazole rings is 1. The highest BCUT2D eigenvalue weighted by Crippen LogP contribution is 2.41. The maximum atomic E-state index is 2.51. The SMILES string of the molecule is CCCCCCCCCCCCCC[n+]1ccn(C(CCC)C(C)(Cc2ccccc2)c2ccccc2)c1. The van der Waals surface area contributed by atoms with E-state index in [1.165, 1.54) is 101 Å². The Kier molecular flexibility index (Phi) is 13.7. The number of rotatable bonds is 20. The minimum Gasteiger partial charge on any atom is -0.237 e. The molecule has 0 fully saturated rings. The lowest BCUT2D eigenvalue weighted by atomic mass is 9.70. The monoisotopic (exact) mass is 515 g/mol. The third-order valence-corrected chi connectivity index (χ3v) is 8.49. The summed E-state index contributed by atoms with van der Waals surface area (Å²) in [5.41, 5.74) is 2.87. The number of hydrogen-bond donors (Lipinski definition) is 0. The van der Waals surface area contributed by atoms with Crippen molar-refractivity contribution in [1.82, 2.24) is 4.57 Å². The highest BCUT2D eigenvalue weighted by atomic mass is 15.1. The van der Waals surface area contributed by atoms with E-state index >= 15 is 0 Å². The van der Waals surface area contributed by atoms with Crippen molar-refractivity contribution in [3.05, 3.63) is 90.5 Å². The van der Waals surface area contributed by atoms with Gasteiger partial charge in [-0.05, 0) is 36.8 Å². The fraction of sp³-hybridized carbons (Fsp3) is 0.583. The number of hydrogen-bond acceptors (Lipinski definition) is 0. The fourth-order valence-electron chi connectivity index (χ4n) is 6.18. The molecule has 0 aliphatic carbocycles. The van der Waals surface area contributed by atoms with E-state index in [2.05, 4.69) is 109 Å². The van der Waals surface area contributed by atoms with Gasteiger partial charge in [0.15, 0.2) is 0 Å². The molecule has 0 saturated carbocycles. The minimum absolute atomic E-state index is 0.0193. The van der Waals surface area contributed by atoms with Gasteiger partial charge < -0.3 is 0 Å². The predicted molar refractivity (Wildman–Crippen MR) is 164 cm³/mol. The van der Waals surface area contributed by atoms with Crippen molar-refractivity contribution in [2.45, 2.75) is 135 Å². The molecule has 0 aliphatic heterocycles. The van der Waals surface area contributed by atoms with E-state index in [-0.39, 0.29) is 5.41 Å². The Morgan fingerprint density at radius 3 is 1.82 bits per heavy atom. The van der Waals surface area contributed by atoms with Crippen LogP contribution in [0.2, 0.25) is 0 Å². The van der Waals surface area contributed by atoms with Crippen LogP contribution in [0.15, 0.2) is 79.4 Å². The zero-order valence-electron chi connectivity index (χ0n) is 24.8. The summed E-state index contributed by atoms with van der Waals surface area (Å²) in [5, 5.41) is 0. The van der Waals surface area contributed by atoms with Crippen molar-refractivity contribution in [2.24, 2.45) is 0 Å². The summed E-state index contributed by atoms with van der Waals surface area (Å²) in [4.78, 5) is 0. The van der Waals surface area contributed by atoms with E-state index in [4.69, 9.17) is 0 Å². The first kappa shape index (κ1) is 30.2. The lowest BCUT2D eigenvalue weighted by Crippen LogP contribution is -2.37. The molecule has 0 saturated heterocycles. The van der Waals surface area contributed by atoms with Crippen molar-refractivity contribution >= 4 is 0 Å². The zero-order valence-corrected chi connectivity index (χ0v) is 24.8. The molecule has 0 amide bonds. The summed E-state index contributed by atoms with van der Waals surface area (Å²) in [7, 11) is 0. The Morgan fingerprint density at radius 1 is 0.684 bits per heavy atom. The summed E-state index contributed by atoms with van der Waals surface area (Å²) < 4.78 is 4.94. The molecular formula is C36H55N2+. The predicted octanol–water partition coefficient (Wildman–Crippen LogP) is 10.0. The van der Waals surface area contributed by atoms with Crippen molar-refractivity contribution < 1.29 is 4.57 Å². The van der Waals surface area contributed by atoms with Gasteiger partial charge >= 0.3 is 0 Å². The smallest absolute Gasteiger partial charge is 0.237 e. The van der Waals surface area contributed by atoms with Gasteiger partial charge in [0.05, 0.1) is 6.54 Å². The maximum Gasteiger partial charge on any atom is 0.244 e. The Hall–Kier alpha value is -2.35. The van der Waals surface area contributed by atoms with Crippen LogP contribution in [0.3, 0.4) is 0 Å². The molecule has 3 rings (SSSR count). The van der Waals surface area contributed by atoms with Crippen LogP contribution in [0.4, 0.5) is 0 Å². The lowest BCUT2D eigenvalue weighted by molar-refractivity contribution is -0.697. The molecular weight excluding hydrogens is 460 g/mol. The van der Waals surface area contributed by atoms with Crippen LogP contribution in [0.5, 0.6) is 0 Å². The van der Waals surface area contributed by atoms with Gasteiger partial charge in [-0.25, -0.2) is 9.13 Å². The van der Waals surface area contributed by atoms with Crippen LogP contribution in [0.1, 0.15) is 128 Å². The highest BCUT2D eigenvalue weighted by Gasteiger charge is 2.39. The third kappa shape index (κ3) is 9.75. The molecule has 2 nitrogen and oxygen atoms in total. The highest BCUT2D eigenvalue weighted by molar-refractivity contribution is 5.30. The second-order valence-electron chi connectivity index (χ2n) is 11.7. The second kappa shape index (κ2) is 17.3. The van der Waals surface area contributed by atoms with E-state index in [1.54, 1.807) is 0 Å². The van der Waals surface area contributed by atoms with Gasteiger partial charge in [-0.1, -0.05) is 152 Å². The van der Waals surface area contributed by atoms with Crippen LogP contribution in [0, 0.1) is 0 Å². The average molecular weight is 516 g/mol. The molecule has 0 N–H and O–H groups in total. The molecule has 38 heavy (non-hydrogen) atoms. The lowest BCUT2D eigenvalue weighted by Gasteiger charge is -2.36. The van der Waals surface area contributed by atoms with Gasteiger partial charge in [-0.2, -0.15) is 0 Å². The normalized spacial score (nSPS) is 13.9. The van der Waals surface area contributed by atoms with Crippen LogP contribution in [-0.4, -0.2) is 4.57 Å². The Labute approximate surface area is 234 Å². The van der Waals surface area contributed by atoms with Crippen LogP contribution in [0.25, 0.3) is 0 Å². The molecule has 1 aromatic heterocycles. The van der Waals surface area contributed by atoms with Gasteiger partial charge in [0, 0.05) is 5.41 Å². The Morgan fingerprint density at radius 2 is 1.24 bits per heavy atom. The van der Waals surface area contributed by atoms with Gasteiger partial charge in [-0.3, -0.25) is 0 Å². The van der Waals surface area contributed by atoms with Gasteiger partial charge in [0.2, 0.25) is 6.33 Å². The zero-order chi connectivity index (χ0) is 26.9. The summed E-state index contributed by atoms with van der Waals surface area (Å²) in [6.07, 6.45) is 27.2. The van der Waals surface area contributed by atoms with Crippen molar-refractivity contribution in [2.75, 3.05) is 0 Å². The first-order chi connectivity index (χ1) is 18.7. The Bertz CT molecular complexity index is 977. The summed E-state index contributed by atoms with van der Waals surface area (Å²) >= 11 is 0. The molecule has 2 aromatic carbocycles. The molecule has 0 radical (unpaired) electrons. The molecule has 0 spiro atoms. The molecule has 3 aromatic rings. The van der Waals surface area contributed by atoms with E-state index in [9.17, 15) is 0 Å². The summed E-state index contributed by atoms with van der Waals surface area (Å²) in [6, 6.07) is 22.7. The van der Waals surface area contributed by atoms with E-state index in [0.717, 1.165) is 13.0 Å². The van der Waals surface area contributed by atoms with Crippen LogP contribution in [-0.2, 0) is 18.4 Å². The van der Waals surface area contributed by atoms with Crippen molar-refractivity contribution in [3.8, 4) is 0 Å². The second-order valence-corrected chi connectivity index (χ2v) is 11.7. The molecule has 2 atom stereocenters. The fourth-order valence-corrected chi connectivity index (χ4v) is 6.18. The van der Waals surface area contributed by atoms with Gasteiger partial charge in [0.1, 0.15) is 18.4 Å². The van der Waals surface area contributed by atoms with Crippen LogP contribution >= 0.6 is 0 Å². The standard InChI is InChI=1S/C36H55N2/c1-4-6-7-8-9-10-11-12-13-14-15-22-28-37-29-30-38(32-37)35(23-5-2)36(3,34-26-20-17-21-27-34)31-33-24-18-16-19-25-33/h16-21,24-27,29-30,32,35H,4-15,22-23,28,31H2,1-3H3/q+1. The first-order valence-corrected chi connectivity index (χ1v) is 15.8. The van der Waals surface area contributed by atoms with Crippen LogP contribution < -0.4 is 4.57 Å². The average Bonchev–Trinajstić information content (AvgIpc) is 3.41. The van der Waals surface area contributed by atoms with Gasteiger partial charge in [0.25, 0.3) is 0 Å². The number of aryl methyl sites for hydroxylation is 1. The molecule has 1 heterocycles. The van der Waals surface area contributed by atoms with E-state index in [0.29, 0.717) is 6.04 Å². The molecule has 2 unspecified atom stereocenters. The molecule has 208 valence electrons. The Balaban J connectivity index is 1.53. The molecule has 2 heteroatoms. The topological polar surface area (TPSA) is 8.81 Å². The maximum absolute atomic E-state index is 2.51. The van der Waals surface area contributed by atoms with E-state index in [1.807, 2.05) is 0 Å². The third-order valence-electron chi connectivity index (χ3n) is 8.49. The summed E-state index contributed by atoms with van der Waals surface area (Å²) in [5.74, 6) is 0. The van der Waals surface area contributed by atoms with Crippen molar-refractivity contribution in [3.63, 3.8) is 0 Å². The van der Waals surface area contributed by atoms with Crippen molar-refractivity contribution in [1.29, 1.82) is 0 Å². The number of benzene rings is 2. The quantitative estimate of drug-likeness (QED) is 0.105. The minimum atomic E-state index is 0.0193.